The lowest BCUT2D eigenvalue weighted by atomic mass is 10.1. The monoisotopic (exact) mass is 394 g/mol. The van der Waals surface area contributed by atoms with Crippen LogP contribution in [0.1, 0.15) is 5.69 Å². The van der Waals surface area contributed by atoms with Crippen LogP contribution in [0, 0.1) is 5.82 Å². The Kier molecular flexibility index (Phi) is 5.09. The number of nitrogens with zero attached hydrogens (tertiary/aromatic N) is 1. The molecule has 2 aromatic heterocycles. The molecule has 0 unspecified atom stereocenters. The molecular formula is C21H15FN2OS2. The topological polar surface area (TPSA) is 42.0 Å². The number of aromatic nitrogens is 1. The van der Waals surface area contributed by atoms with E-state index in [1.807, 2.05) is 53.2 Å². The van der Waals surface area contributed by atoms with Crippen LogP contribution in [0.2, 0.25) is 0 Å². The molecule has 27 heavy (non-hydrogen) atoms. The molecule has 2 aromatic carbocycles. The Bertz CT molecular complexity index is 1070. The third-order valence-electron chi connectivity index (χ3n) is 3.95. The number of thiophene rings is 1. The lowest BCUT2D eigenvalue weighted by Gasteiger charge is -2.09. The second-order valence-corrected chi connectivity index (χ2v) is 7.71. The average molecular weight is 394 g/mol. The van der Waals surface area contributed by atoms with E-state index in [0.29, 0.717) is 10.7 Å². The van der Waals surface area contributed by atoms with Crippen LogP contribution < -0.4 is 5.32 Å². The van der Waals surface area contributed by atoms with E-state index in [1.54, 1.807) is 17.4 Å². The van der Waals surface area contributed by atoms with Gasteiger partial charge in [-0.2, -0.15) is 0 Å². The Morgan fingerprint density at radius 3 is 2.74 bits per heavy atom. The number of hydrogen-bond acceptors (Lipinski definition) is 4. The predicted molar refractivity (Wildman–Crippen MR) is 110 cm³/mol. The van der Waals surface area contributed by atoms with E-state index < -0.39 is 0 Å². The summed E-state index contributed by atoms with van der Waals surface area (Å²) in [6.45, 7) is 0. The molecule has 0 saturated carbocycles. The molecule has 4 aromatic rings. The first-order valence-corrected chi connectivity index (χ1v) is 10.1. The molecule has 0 atom stereocenters. The maximum Gasteiger partial charge on any atom is 0.230 e. The molecule has 0 fully saturated rings. The number of rotatable bonds is 5. The van der Waals surface area contributed by atoms with Crippen molar-refractivity contribution in [2.24, 2.45) is 0 Å². The fourth-order valence-electron chi connectivity index (χ4n) is 2.74. The SMILES string of the molecule is O=C(Cc1csc(-c2cccc(F)c2)n1)Nc1ccccc1-c1cccs1. The molecular weight excluding hydrogens is 379 g/mol. The minimum Gasteiger partial charge on any atom is -0.325 e. The van der Waals surface area contributed by atoms with Crippen LogP contribution >= 0.6 is 22.7 Å². The van der Waals surface area contributed by atoms with Crippen LogP contribution in [0.5, 0.6) is 0 Å². The Labute approximate surface area is 164 Å². The molecule has 3 nitrogen and oxygen atoms in total. The van der Waals surface area contributed by atoms with Gasteiger partial charge in [-0.3, -0.25) is 4.79 Å². The molecule has 1 N–H and O–H groups in total. The van der Waals surface area contributed by atoms with Gasteiger partial charge in [-0.05, 0) is 29.6 Å². The lowest BCUT2D eigenvalue weighted by Crippen LogP contribution is -2.15. The van der Waals surface area contributed by atoms with E-state index >= 15 is 0 Å². The number of amides is 1. The zero-order valence-corrected chi connectivity index (χ0v) is 15.8. The normalized spacial score (nSPS) is 10.7. The van der Waals surface area contributed by atoms with Crippen molar-refractivity contribution in [3.63, 3.8) is 0 Å². The standard InChI is InChI=1S/C21H15FN2OS2/c22-15-6-3-5-14(11-15)21-23-16(13-27-21)12-20(25)24-18-8-2-1-7-17(18)19-9-4-10-26-19/h1-11,13H,12H2,(H,24,25). The minimum absolute atomic E-state index is 0.130. The first-order chi connectivity index (χ1) is 13.2. The number of para-hydroxylation sites is 1. The second-order valence-electron chi connectivity index (χ2n) is 5.90. The van der Waals surface area contributed by atoms with Gasteiger partial charge in [0.25, 0.3) is 0 Å². The maximum atomic E-state index is 13.4. The highest BCUT2D eigenvalue weighted by molar-refractivity contribution is 7.13. The van der Waals surface area contributed by atoms with Gasteiger partial charge in [0.2, 0.25) is 5.91 Å². The summed E-state index contributed by atoms with van der Waals surface area (Å²) in [4.78, 5) is 18.1. The molecule has 0 aliphatic carbocycles. The minimum atomic E-state index is -0.299. The highest BCUT2D eigenvalue weighted by atomic mass is 32.1. The first kappa shape index (κ1) is 17.6. The van der Waals surface area contributed by atoms with E-state index in [-0.39, 0.29) is 18.1 Å². The van der Waals surface area contributed by atoms with Crippen molar-refractivity contribution in [3.05, 3.63) is 82.9 Å². The van der Waals surface area contributed by atoms with Crippen LogP contribution in [-0.4, -0.2) is 10.9 Å². The summed E-state index contributed by atoms with van der Waals surface area (Å²) in [7, 11) is 0. The van der Waals surface area contributed by atoms with Gasteiger partial charge >= 0.3 is 0 Å². The molecule has 4 rings (SSSR count). The van der Waals surface area contributed by atoms with Gasteiger partial charge in [0.05, 0.1) is 12.1 Å². The second kappa shape index (κ2) is 7.82. The summed E-state index contributed by atoms with van der Waals surface area (Å²) in [5.41, 5.74) is 3.17. The van der Waals surface area contributed by atoms with Crippen LogP contribution in [0.15, 0.2) is 71.4 Å². The van der Waals surface area contributed by atoms with Crippen LogP contribution in [0.3, 0.4) is 0 Å². The summed E-state index contributed by atoms with van der Waals surface area (Å²) in [5, 5.41) is 7.53. The number of halogens is 1. The van der Waals surface area contributed by atoms with Crippen molar-refractivity contribution in [2.75, 3.05) is 5.32 Å². The molecule has 0 spiro atoms. The Hall–Kier alpha value is -2.83. The number of carbonyl (C=O) groups is 1. The van der Waals surface area contributed by atoms with E-state index in [4.69, 9.17) is 0 Å². The van der Waals surface area contributed by atoms with Crippen LogP contribution in [0.25, 0.3) is 21.0 Å². The van der Waals surface area contributed by atoms with Crippen LogP contribution in [0.4, 0.5) is 10.1 Å². The molecule has 134 valence electrons. The summed E-state index contributed by atoms with van der Waals surface area (Å²) in [6, 6.07) is 18.1. The number of carbonyl (C=O) groups excluding carboxylic acids is 1. The third-order valence-corrected chi connectivity index (χ3v) is 5.80. The van der Waals surface area contributed by atoms with Gasteiger partial charge < -0.3 is 5.32 Å². The summed E-state index contributed by atoms with van der Waals surface area (Å²) in [6.07, 6.45) is 0.171. The van der Waals surface area contributed by atoms with Crippen molar-refractivity contribution < 1.29 is 9.18 Å². The first-order valence-electron chi connectivity index (χ1n) is 8.32. The van der Waals surface area contributed by atoms with E-state index in [1.165, 1.54) is 23.5 Å². The Morgan fingerprint density at radius 2 is 1.93 bits per heavy atom. The van der Waals surface area contributed by atoms with Gasteiger partial charge in [-0.1, -0.05) is 36.4 Å². The number of nitrogens with one attached hydrogen (secondary N) is 1. The summed E-state index contributed by atoms with van der Waals surface area (Å²) < 4.78 is 13.4. The number of benzene rings is 2. The third kappa shape index (κ3) is 4.13. The van der Waals surface area contributed by atoms with Crippen molar-refractivity contribution in [3.8, 4) is 21.0 Å². The molecule has 0 saturated heterocycles. The molecule has 0 bridgehead atoms. The zero-order valence-electron chi connectivity index (χ0n) is 14.2. The van der Waals surface area contributed by atoms with Gasteiger partial charge in [-0.15, -0.1) is 22.7 Å². The van der Waals surface area contributed by atoms with Crippen LogP contribution in [-0.2, 0) is 11.2 Å². The summed E-state index contributed by atoms with van der Waals surface area (Å²) in [5.74, 6) is -0.428. The van der Waals surface area contributed by atoms with Crippen molar-refractivity contribution in [1.82, 2.24) is 4.98 Å². The molecule has 2 heterocycles. The van der Waals surface area contributed by atoms with Gasteiger partial charge in [-0.25, -0.2) is 9.37 Å². The number of anilines is 1. The number of hydrogen-bond donors (Lipinski definition) is 1. The van der Waals surface area contributed by atoms with Gasteiger partial charge in [0, 0.05) is 27.1 Å². The maximum absolute atomic E-state index is 13.4. The van der Waals surface area contributed by atoms with E-state index in [0.717, 1.165) is 21.7 Å². The fourth-order valence-corrected chi connectivity index (χ4v) is 4.32. The largest absolute Gasteiger partial charge is 0.325 e. The van der Waals surface area contributed by atoms with Crippen molar-refractivity contribution in [1.29, 1.82) is 0 Å². The fraction of sp³-hybridized carbons (Fsp3) is 0.0476. The van der Waals surface area contributed by atoms with Gasteiger partial charge in [0.15, 0.2) is 0 Å². The highest BCUT2D eigenvalue weighted by Crippen LogP contribution is 2.31. The molecule has 1 amide bonds. The predicted octanol–water partition coefficient (Wildman–Crippen LogP) is 5.86. The summed E-state index contributed by atoms with van der Waals surface area (Å²) >= 11 is 3.04. The van der Waals surface area contributed by atoms with E-state index in [9.17, 15) is 9.18 Å². The van der Waals surface area contributed by atoms with E-state index in [2.05, 4.69) is 10.3 Å². The Balaban J connectivity index is 1.48. The van der Waals surface area contributed by atoms with Crippen molar-refractivity contribution >= 4 is 34.3 Å². The van der Waals surface area contributed by atoms with Crippen molar-refractivity contribution in [2.45, 2.75) is 6.42 Å². The molecule has 6 heteroatoms. The Morgan fingerprint density at radius 1 is 1.04 bits per heavy atom. The molecule has 0 aliphatic rings. The molecule has 0 radical (unpaired) electrons. The average Bonchev–Trinajstić information content (AvgIpc) is 3.34. The lowest BCUT2D eigenvalue weighted by molar-refractivity contribution is -0.115. The zero-order chi connectivity index (χ0) is 18.6. The van der Waals surface area contributed by atoms with Gasteiger partial charge in [0.1, 0.15) is 10.8 Å². The smallest absolute Gasteiger partial charge is 0.230 e. The number of thiazole rings is 1. The highest BCUT2D eigenvalue weighted by Gasteiger charge is 2.12. The molecule has 0 aliphatic heterocycles. The quantitative estimate of drug-likeness (QED) is 0.461.